The van der Waals surface area contributed by atoms with Gasteiger partial charge in [0.2, 0.25) is 0 Å². The van der Waals surface area contributed by atoms with Gasteiger partial charge in [-0.15, -0.1) is 8.80 Å². The van der Waals surface area contributed by atoms with Crippen molar-refractivity contribution in [3.05, 3.63) is 30.1 Å². The number of likely N-dealkylation sites (N-methyl/N-ethyl adjacent to an activating group) is 1. The minimum atomic E-state index is -1.58. The smallest absolute Gasteiger partial charge is 0.269 e. The highest BCUT2D eigenvalue weighted by atomic mass is 32.2. The van der Waals surface area contributed by atoms with E-state index in [9.17, 15) is 8.60 Å². The van der Waals surface area contributed by atoms with E-state index in [4.69, 9.17) is 0 Å². The summed E-state index contributed by atoms with van der Waals surface area (Å²) in [5, 5.41) is 2.95. The Hall–Kier alpha value is -1.76. The Morgan fingerprint density at radius 1 is 1.24 bits per heavy atom. The fraction of sp³-hybridized carbons (Fsp3) is 0.200. The molecule has 0 radical (unpaired) electrons. The second kappa shape index (κ2) is 4.62. The monoisotopic (exact) mass is 254 g/mol. The number of anilines is 1. The summed E-state index contributed by atoms with van der Waals surface area (Å²) in [5.74, 6) is 0.613. The van der Waals surface area contributed by atoms with Gasteiger partial charge in [-0.05, 0) is 24.3 Å². The first-order chi connectivity index (χ1) is 8.06. The molecule has 1 aromatic carbocycles. The Bertz CT molecular complexity index is 510. The number of amidine groups is 2. The van der Waals surface area contributed by atoms with Gasteiger partial charge in [-0.3, -0.25) is 0 Å². The minimum absolute atomic E-state index is 0.311. The van der Waals surface area contributed by atoms with Crippen LogP contribution in [0.3, 0.4) is 0 Å². The van der Waals surface area contributed by atoms with E-state index in [1.54, 1.807) is 31.1 Å². The van der Waals surface area contributed by atoms with Crippen LogP contribution in [0.4, 0.5) is 10.1 Å². The van der Waals surface area contributed by atoms with Crippen LogP contribution in [0.5, 0.6) is 0 Å². The molecule has 0 spiro atoms. The summed E-state index contributed by atoms with van der Waals surface area (Å²) in [6.45, 7) is 0. The van der Waals surface area contributed by atoms with Crippen molar-refractivity contribution in [3.8, 4) is 0 Å². The zero-order valence-corrected chi connectivity index (χ0v) is 10.2. The maximum absolute atomic E-state index is 12.7. The van der Waals surface area contributed by atoms with Crippen LogP contribution in [-0.4, -0.2) is 34.9 Å². The predicted octanol–water partition coefficient (Wildman–Crippen LogP) is 1.19. The van der Waals surface area contributed by atoms with Gasteiger partial charge in [0.1, 0.15) is 5.82 Å². The Kier molecular flexibility index (Phi) is 3.19. The number of halogens is 1. The molecule has 0 saturated heterocycles. The van der Waals surface area contributed by atoms with Crippen LogP contribution in [0.1, 0.15) is 0 Å². The molecule has 0 saturated carbocycles. The molecule has 2 rings (SSSR count). The van der Waals surface area contributed by atoms with E-state index in [1.807, 2.05) is 0 Å². The molecule has 90 valence electrons. The molecule has 7 heteroatoms. The van der Waals surface area contributed by atoms with E-state index >= 15 is 0 Å². The van der Waals surface area contributed by atoms with Crippen LogP contribution < -0.4 is 5.32 Å². The van der Waals surface area contributed by atoms with Gasteiger partial charge in [-0.1, -0.05) is 0 Å². The van der Waals surface area contributed by atoms with Gasteiger partial charge in [0, 0.05) is 19.8 Å². The van der Waals surface area contributed by atoms with Crippen LogP contribution in [0, 0.1) is 5.82 Å². The first-order valence-corrected chi connectivity index (χ1v) is 5.92. The average Bonchev–Trinajstić information content (AvgIpc) is 2.63. The molecule has 0 fully saturated rings. The van der Waals surface area contributed by atoms with Crippen molar-refractivity contribution in [1.29, 1.82) is 0 Å². The molecule has 0 bridgehead atoms. The fourth-order valence-corrected chi connectivity index (χ4v) is 2.02. The first kappa shape index (κ1) is 11.7. The van der Waals surface area contributed by atoms with E-state index in [2.05, 4.69) is 14.1 Å². The number of hydrogen-bond acceptors (Lipinski definition) is 3. The third-order valence-corrected chi connectivity index (χ3v) is 2.74. The largest absolute Gasteiger partial charge is 0.359 e. The van der Waals surface area contributed by atoms with Crippen molar-refractivity contribution >= 4 is 28.5 Å². The van der Waals surface area contributed by atoms with Gasteiger partial charge in [0.05, 0.1) is 0 Å². The average molecular weight is 254 g/mol. The van der Waals surface area contributed by atoms with Gasteiger partial charge in [-0.2, -0.15) is 0 Å². The minimum Gasteiger partial charge on any atom is -0.359 e. The van der Waals surface area contributed by atoms with Crippen LogP contribution in [-0.2, 0) is 11.2 Å². The molecular weight excluding hydrogens is 243 g/mol. The van der Waals surface area contributed by atoms with Gasteiger partial charge < -0.3 is 10.2 Å². The maximum Gasteiger partial charge on any atom is 0.269 e. The zero-order valence-electron chi connectivity index (χ0n) is 9.35. The van der Waals surface area contributed by atoms with Crippen LogP contribution in [0.15, 0.2) is 33.1 Å². The quantitative estimate of drug-likeness (QED) is 0.819. The van der Waals surface area contributed by atoms with Crippen LogP contribution in [0.25, 0.3) is 0 Å². The third kappa shape index (κ3) is 2.68. The number of hydrogen-bond donors (Lipinski definition) is 1. The summed E-state index contributed by atoms with van der Waals surface area (Å²) >= 11 is -1.58. The molecule has 17 heavy (non-hydrogen) atoms. The van der Waals surface area contributed by atoms with Crippen LogP contribution >= 0.6 is 0 Å². The molecule has 1 aliphatic rings. The second-order valence-corrected chi connectivity index (χ2v) is 4.44. The molecule has 1 N–H and O–H groups in total. The van der Waals surface area contributed by atoms with E-state index in [1.165, 1.54) is 12.1 Å². The Labute approximate surface area is 101 Å². The van der Waals surface area contributed by atoms with Gasteiger partial charge in [0.15, 0.2) is 11.7 Å². The summed E-state index contributed by atoms with van der Waals surface area (Å²) in [5.41, 5.74) is 0.665. The molecule has 1 unspecified atom stereocenters. The lowest BCUT2D eigenvalue weighted by Crippen LogP contribution is -2.32. The number of benzene rings is 1. The fourth-order valence-electron chi connectivity index (χ4n) is 1.30. The normalized spacial score (nSPS) is 18.6. The van der Waals surface area contributed by atoms with E-state index in [0.717, 1.165) is 0 Å². The molecule has 0 aliphatic carbocycles. The summed E-state index contributed by atoms with van der Waals surface area (Å²) < 4.78 is 31.7. The second-order valence-electron chi connectivity index (χ2n) is 3.61. The molecular formula is C10H11FN4OS. The highest BCUT2D eigenvalue weighted by Crippen LogP contribution is 2.12. The van der Waals surface area contributed by atoms with Crippen molar-refractivity contribution in [2.45, 2.75) is 0 Å². The van der Waals surface area contributed by atoms with Crippen molar-refractivity contribution in [3.63, 3.8) is 0 Å². The lowest BCUT2D eigenvalue weighted by Gasteiger charge is -2.14. The summed E-state index contributed by atoms with van der Waals surface area (Å²) in [4.78, 5) is 1.71. The van der Waals surface area contributed by atoms with Crippen molar-refractivity contribution in [2.24, 2.45) is 8.80 Å². The van der Waals surface area contributed by atoms with E-state index in [-0.39, 0.29) is 5.82 Å². The van der Waals surface area contributed by atoms with Crippen LogP contribution in [0.2, 0.25) is 0 Å². The number of nitrogens with zero attached hydrogens (tertiary/aromatic N) is 3. The number of rotatable bonds is 1. The Morgan fingerprint density at radius 2 is 1.88 bits per heavy atom. The molecule has 5 nitrogen and oxygen atoms in total. The zero-order chi connectivity index (χ0) is 12.4. The SMILES string of the molecule is CN(C)C1=NS(=O)N=C1Nc1ccc(F)cc1. The standard InChI is InChI=1S/C10H11FN4OS/c1-15(2)10-9(13-17(16)14-10)12-8-5-3-7(11)4-6-8/h3-6H,1-2H3,(H,12,13). The lowest BCUT2D eigenvalue weighted by molar-refractivity contribution is 0.628. The topological polar surface area (TPSA) is 57.1 Å². The summed E-state index contributed by atoms with van der Waals surface area (Å²) in [7, 11) is 3.56. The predicted molar refractivity (Wildman–Crippen MR) is 66.7 cm³/mol. The Balaban J connectivity index is 2.19. The molecule has 0 amide bonds. The van der Waals surface area contributed by atoms with Crippen molar-refractivity contribution in [1.82, 2.24) is 4.90 Å². The third-order valence-electron chi connectivity index (χ3n) is 2.08. The van der Waals surface area contributed by atoms with Gasteiger partial charge in [0.25, 0.3) is 11.2 Å². The van der Waals surface area contributed by atoms with E-state index in [0.29, 0.717) is 17.4 Å². The molecule has 1 aliphatic heterocycles. The maximum atomic E-state index is 12.7. The summed E-state index contributed by atoms with van der Waals surface area (Å²) in [6, 6.07) is 5.82. The molecule has 1 aromatic rings. The lowest BCUT2D eigenvalue weighted by atomic mass is 10.3. The molecule has 0 aromatic heterocycles. The highest BCUT2D eigenvalue weighted by molar-refractivity contribution is 7.83. The van der Waals surface area contributed by atoms with Crippen molar-refractivity contribution in [2.75, 3.05) is 19.4 Å². The van der Waals surface area contributed by atoms with Gasteiger partial charge >= 0.3 is 0 Å². The highest BCUT2D eigenvalue weighted by Gasteiger charge is 2.20. The van der Waals surface area contributed by atoms with Crippen molar-refractivity contribution < 1.29 is 8.60 Å². The first-order valence-electron chi connectivity index (χ1n) is 4.86. The Morgan fingerprint density at radius 3 is 2.47 bits per heavy atom. The summed E-state index contributed by atoms with van der Waals surface area (Å²) in [6.07, 6.45) is 0. The number of nitrogens with one attached hydrogen (secondary N) is 1. The molecule has 1 heterocycles. The van der Waals surface area contributed by atoms with E-state index < -0.39 is 11.2 Å². The molecule has 1 atom stereocenters. The van der Waals surface area contributed by atoms with Gasteiger partial charge in [-0.25, -0.2) is 8.60 Å².